The monoisotopic (exact) mass is 469 g/mol. The minimum atomic E-state index is -0.383. The van der Waals surface area contributed by atoms with Gasteiger partial charge in [-0.05, 0) is 18.2 Å². The van der Waals surface area contributed by atoms with E-state index >= 15 is 0 Å². The molecule has 0 fully saturated rings. The first-order valence-electron chi connectivity index (χ1n) is 10.9. The summed E-state index contributed by atoms with van der Waals surface area (Å²) in [6.07, 6.45) is 0.489. The molecule has 2 aromatic carbocycles. The molecule has 1 unspecified atom stereocenters. The molecule has 0 N–H and O–H groups in total. The minimum Gasteiger partial charge on any atom is -0.497 e. The van der Waals surface area contributed by atoms with E-state index in [9.17, 15) is 9.59 Å². The lowest BCUT2D eigenvalue weighted by Crippen LogP contribution is -2.44. The Morgan fingerprint density at radius 2 is 1.82 bits per heavy atom. The summed E-state index contributed by atoms with van der Waals surface area (Å²) in [5.74, 6) is 0.765. The number of carbonyl (C=O) groups excluding carboxylic acids is 2. The molecule has 0 spiro atoms. The van der Waals surface area contributed by atoms with E-state index in [2.05, 4.69) is 0 Å². The second-order valence-electron chi connectivity index (χ2n) is 7.72. The van der Waals surface area contributed by atoms with Crippen molar-refractivity contribution in [3.8, 4) is 11.5 Å². The van der Waals surface area contributed by atoms with Gasteiger partial charge in [0, 0.05) is 38.3 Å². The lowest BCUT2D eigenvalue weighted by molar-refractivity contribution is -0.144. The summed E-state index contributed by atoms with van der Waals surface area (Å²) >= 11 is 0. The van der Waals surface area contributed by atoms with E-state index in [1.807, 2.05) is 48.5 Å². The lowest BCUT2D eigenvalue weighted by atomic mass is 9.97. The summed E-state index contributed by atoms with van der Waals surface area (Å²) < 4.78 is 21.0. The van der Waals surface area contributed by atoms with Gasteiger partial charge in [-0.15, -0.1) is 0 Å². The zero-order valence-electron chi connectivity index (χ0n) is 20.0. The number of amides is 2. The molecule has 0 bridgehead atoms. The highest BCUT2D eigenvalue weighted by atomic mass is 16.5. The average Bonchev–Trinajstić information content (AvgIpc) is 3.32. The van der Waals surface area contributed by atoms with Crippen LogP contribution in [-0.4, -0.2) is 82.2 Å². The Morgan fingerprint density at radius 3 is 2.53 bits per heavy atom. The van der Waals surface area contributed by atoms with Gasteiger partial charge in [0.2, 0.25) is 5.91 Å². The number of methoxy groups -OCH3 is 4. The molecule has 2 amide bonds. The number of carbonyl (C=O) groups is 2. The van der Waals surface area contributed by atoms with Crippen LogP contribution >= 0.6 is 0 Å². The van der Waals surface area contributed by atoms with Crippen molar-refractivity contribution in [1.82, 2.24) is 9.91 Å². The zero-order chi connectivity index (χ0) is 24.5. The van der Waals surface area contributed by atoms with Gasteiger partial charge in [0.1, 0.15) is 24.7 Å². The summed E-state index contributed by atoms with van der Waals surface area (Å²) in [7, 11) is 6.19. The molecule has 1 atom stereocenters. The maximum Gasteiger partial charge on any atom is 0.262 e. The quantitative estimate of drug-likeness (QED) is 0.502. The molecule has 0 aromatic heterocycles. The number of para-hydroxylation sites is 1. The highest BCUT2D eigenvalue weighted by Gasteiger charge is 2.35. The molecular formula is C25H31N3O6. The predicted molar refractivity (Wildman–Crippen MR) is 127 cm³/mol. The van der Waals surface area contributed by atoms with Gasteiger partial charge >= 0.3 is 0 Å². The summed E-state index contributed by atoms with van der Waals surface area (Å²) in [6.45, 7) is 0.304. The summed E-state index contributed by atoms with van der Waals surface area (Å²) in [6, 6.07) is 14.7. The van der Waals surface area contributed by atoms with E-state index < -0.39 is 0 Å². The largest absolute Gasteiger partial charge is 0.497 e. The Bertz CT molecular complexity index is 1030. The standard InChI is InChI=1S/C25H31N3O6/c1-31-13-12-27(25(30)17-32-2)16-24(29)28-22(20-10-5-6-11-23(20)34-4)15-21(26-28)18-8-7-9-19(14-18)33-3/h5-11,14,22H,12-13,15-17H2,1-4H3. The van der Waals surface area contributed by atoms with Crippen LogP contribution in [-0.2, 0) is 19.1 Å². The van der Waals surface area contributed by atoms with Crippen LogP contribution in [0.15, 0.2) is 53.6 Å². The third kappa shape index (κ3) is 5.92. The third-order valence-electron chi connectivity index (χ3n) is 5.58. The van der Waals surface area contributed by atoms with E-state index in [0.717, 1.165) is 16.8 Å². The molecule has 1 aliphatic rings. The fourth-order valence-corrected chi connectivity index (χ4v) is 3.85. The maximum atomic E-state index is 13.5. The number of ether oxygens (including phenoxy) is 4. The Balaban J connectivity index is 1.94. The molecular weight excluding hydrogens is 438 g/mol. The van der Waals surface area contributed by atoms with Crippen molar-refractivity contribution < 1.29 is 28.5 Å². The molecule has 0 saturated heterocycles. The summed E-state index contributed by atoms with van der Waals surface area (Å²) in [5.41, 5.74) is 2.45. The Kier molecular flexibility index (Phi) is 9.00. The molecule has 3 rings (SSSR count). The number of hydrazone groups is 1. The maximum absolute atomic E-state index is 13.5. The van der Waals surface area contributed by atoms with Crippen LogP contribution in [0.2, 0.25) is 0 Å². The molecule has 9 heteroatoms. The third-order valence-corrected chi connectivity index (χ3v) is 5.58. The van der Waals surface area contributed by atoms with Crippen molar-refractivity contribution in [2.75, 3.05) is 54.7 Å². The first kappa shape index (κ1) is 25.2. The normalized spacial score (nSPS) is 15.1. The van der Waals surface area contributed by atoms with Gasteiger partial charge < -0.3 is 23.8 Å². The average molecular weight is 470 g/mol. The number of rotatable bonds is 11. The first-order chi connectivity index (χ1) is 16.5. The Morgan fingerprint density at radius 1 is 1.03 bits per heavy atom. The molecule has 1 aliphatic heterocycles. The van der Waals surface area contributed by atoms with Gasteiger partial charge in [-0.1, -0.05) is 30.3 Å². The molecule has 9 nitrogen and oxygen atoms in total. The van der Waals surface area contributed by atoms with E-state index in [1.165, 1.54) is 17.0 Å². The van der Waals surface area contributed by atoms with Crippen LogP contribution in [0.4, 0.5) is 0 Å². The molecule has 1 heterocycles. The Hall–Kier alpha value is -3.43. The second kappa shape index (κ2) is 12.2. The highest BCUT2D eigenvalue weighted by molar-refractivity contribution is 6.03. The summed E-state index contributed by atoms with van der Waals surface area (Å²) in [4.78, 5) is 27.4. The number of nitrogens with zero attached hydrogens (tertiary/aromatic N) is 3. The van der Waals surface area contributed by atoms with Crippen LogP contribution in [0.5, 0.6) is 11.5 Å². The van der Waals surface area contributed by atoms with Crippen LogP contribution < -0.4 is 9.47 Å². The topological polar surface area (TPSA) is 89.9 Å². The highest BCUT2D eigenvalue weighted by Crippen LogP contribution is 2.37. The SMILES string of the molecule is COCCN(CC(=O)N1N=C(c2cccc(OC)c2)CC1c1ccccc1OC)C(=O)COC. The van der Waals surface area contributed by atoms with Crippen molar-refractivity contribution >= 4 is 17.5 Å². The van der Waals surface area contributed by atoms with E-state index in [4.69, 9.17) is 24.0 Å². The minimum absolute atomic E-state index is 0.120. The van der Waals surface area contributed by atoms with E-state index in [1.54, 1.807) is 21.3 Å². The molecule has 0 saturated carbocycles. The van der Waals surface area contributed by atoms with Crippen LogP contribution in [0.25, 0.3) is 0 Å². The smallest absolute Gasteiger partial charge is 0.262 e. The lowest BCUT2D eigenvalue weighted by Gasteiger charge is -2.27. The molecule has 0 aliphatic carbocycles. The van der Waals surface area contributed by atoms with E-state index in [-0.39, 0.29) is 37.6 Å². The predicted octanol–water partition coefficient (Wildman–Crippen LogP) is 2.50. The van der Waals surface area contributed by atoms with Gasteiger partial charge in [-0.3, -0.25) is 9.59 Å². The van der Waals surface area contributed by atoms with Crippen LogP contribution in [0.3, 0.4) is 0 Å². The fourth-order valence-electron chi connectivity index (χ4n) is 3.85. The van der Waals surface area contributed by atoms with Crippen molar-refractivity contribution in [3.05, 3.63) is 59.7 Å². The van der Waals surface area contributed by atoms with Gasteiger partial charge in [-0.25, -0.2) is 5.01 Å². The van der Waals surface area contributed by atoms with E-state index in [0.29, 0.717) is 24.5 Å². The van der Waals surface area contributed by atoms with Gasteiger partial charge in [-0.2, -0.15) is 5.10 Å². The van der Waals surface area contributed by atoms with Gasteiger partial charge in [0.25, 0.3) is 5.91 Å². The van der Waals surface area contributed by atoms with Crippen molar-refractivity contribution in [1.29, 1.82) is 0 Å². The van der Waals surface area contributed by atoms with Crippen LogP contribution in [0.1, 0.15) is 23.6 Å². The van der Waals surface area contributed by atoms with Crippen molar-refractivity contribution in [2.45, 2.75) is 12.5 Å². The van der Waals surface area contributed by atoms with Gasteiger partial charge in [0.05, 0.1) is 32.6 Å². The van der Waals surface area contributed by atoms with Gasteiger partial charge in [0.15, 0.2) is 0 Å². The first-order valence-corrected chi connectivity index (χ1v) is 10.9. The molecule has 2 aromatic rings. The summed E-state index contributed by atoms with van der Waals surface area (Å²) in [5, 5.41) is 6.15. The number of hydrogen-bond donors (Lipinski definition) is 0. The van der Waals surface area contributed by atoms with Crippen molar-refractivity contribution in [3.63, 3.8) is 0 Å². The second-order valence-corrected chi connectivity index (χ2v) is 7.72. The zero-order valence-corrected chi connectivity index (χ0v) is 20.0. The van der Waals surface area contributed by atoms with Crippen LogP contribution in [0, 0.1) is 0 Å². The molecule has 0 radical (unpaired) electrons. The fraction of sp³-hybridized carbons (Fsp3) is 0.400. The number of benzene rings is 2. The van der Waals surface area contributed by atoms with Crippen molar-refractivity contribution in [2.24, 2.45) is 5.10 Å². The Labute approximate surface area is 199 Å². The number of hydrogen-bond acceptors (Lipinski definition) is 7. The molecule has 34 heavy (non-hydrogen) atoms. The molecule has 182 valence electrons.